The van der Waals surface area contributed by atoms with E-state index in [1.807, 2.05) is 24.3 Å². The third kappa shape index (κ3) is 4.65. The summed E-state index contributed by atoms with van der Waals surface area (Å²) in [5.41, 5.74) is 0.593. The van der Waals surface area contributed by atoms with Crippen molar-refractivity contribution < 1.29 is 14.3 Å². The number of hydrogen-bond acceptors (Lipinski definition) is 3. The van der Waals surface area contributed by atoms with Gasteiger partial charge in [-0.1, -0.05) is 24.3 Å². The molecule has 0 fully saturated rings. The van der Waals surface area contributed by atoms with Crippen LogP contribution < -0.4 is 0 Å². The first-order valence-electron chi connectivity index (χ1n) is 7.21. The molecule has 0 radical (unpaired) electrons. The van der Waals surface area contributed by atoms with Gasteiger partial charge in [0.15, 0.2) is 5.78 Å². The highest BCUT2D eigenvalue weighted by Gasteiger charge is 2.16. The average molecular weight is 272 g/mol. The van der Waals surface area contributed by atoms with Crippen molar-refractivity contribution in [2.45, 2.75) is 44.6 Å². The van der Waals surface area contributed by atoms with Gasteiger partial charge in [-0.3, -0.25) is 4.79 Å². The Labute approximate surface area is 119 Å². The zero-order valence-corrected chi connectivity index (χ0v) is 11.6. The summed E-state index contributed by atoms with van der Waals surface area (Å²) >= 11 is 0. The van der Waals surface area contributed by atoms with E-state index < -0.39 is 0 Å². The van der Waals surface area contributed by atoms with Crippen molar-refractivity contribution in [2.75, 3.05) is 0 Å². The fourth-order valence-electron chi connectivity index (χ4n) is 2.31. The molecule has 0 aromatic heterocycles. The zero-order valence-electron chi connectivity index (χ0n) is 11.6. The van der Waals surface area contributed by atoms with Gasteiger partial charge < -0.3 is 4.74 Å². The Hall–Kier alpha value is -1.90. The van der Waals surface area contributed by atoms with Gasteiger partial charge in [0.2, 0.25) is 0 Å². The third-order valence-corrected chi connectivity index (χ3v) is 3.44. The number of esters is 1. The molecule has 0 saturated carbocycles. The lowest BCUT2D eigenvalue weighted by Gasteiger charge is -2.18. The van der Waals surface area contributed by atoms with Crippen molar-refractivity contribution in [1.82, 2.24) is 0 Å². The fraction of sp³-hybridized carbons (Fsp3) is 0.412. The molecule has 2 rings (SSSR count). The van der Waals surface area contributed by atoms with Crippen molar-refractivity contribution in [1.29, 1.82) is 0 Å². The highest BCUT2D eigenvalue weighted by atomic mass is 16.5. The van der Waals surface area contributed by atoms with E-state index in [2.05, 4.69) is 0 Å². The maximum atomic E-state index is 12.0. The van der Waals surface area contributed by atoms with Crippen LogP contribution in [0.4, 0.5) is 0 Å². The van der Waals surface area contributed by atoms with E-state index >= 15 is 0 Å². The lowest BCUT2D eigenvalue weighted by Crippen LogP contribution is -2.18. The molecule has 1 aromatic carbocycles. The Kier molecular flexibility index (Phi) is 5.54. The van der Waals surface area contributed by atoms with E-state index in [4.69, 9.17) is 4.74 Å². The van der Waals surface area contributed by atoms with Crippen LogP contribution in [0.15, 0.2) is 42.5 Å². The fourth-order valence-corrected chi connectivity index (χ4v) is 2.31. The van der Waals surface area contributed by atoms with Crippen molar-refractivity contribution in [3.05, 3.63) is 48.0 Å². The second-order valence-electron chi connectivity index (χ2n) is 5.09. The maximum Gasteiger partial charge on any atom is 0.338 e. The van der Waals surface area contributed by atoms with E-state index in [9.17, 15) is 9.59 Å². The third-order valence-electron chi connectivity index (χ3n) is 3.44. The summed E-state index contributed by atoms with van der Waals surface area (Å²) < 4.78 is 5.58. The molecule has 1 aliphatic carbocycles. The van der Waals surface area contributed by atoms with E-state index in [1.165, 1.54) is 0 Å². The van der Waals surface area contributed by atoms with Gasteiger partial charge in [0.1, 0.15) is 6.10 Å². The van der Waals surface area contributed by atoms with Gasteiger partial charge in [0, 0.05) is 6.42 Å². The van der Waals surface area contributed by atoms with Gasteiger partial charge in [-0.15, -0.1) is 0 Å². The van der Waals surface area contributed by atoms with Gasteiger partial charge in [0.05, 0.1) is 5.56 Å². The van der Waals surface area contributed by atoms with Crippen LogP contribution >= 0.6 is 0 Å². The van der Waals surface area contributed by atoms with E-state index in [-0.39, 0.29) is 17.9 Å². The van der Waals surface area contributed by atoms with E-state index in [1.54, 1.807) is 18.2 Å². The Morgan fingerprint density at radius 2 is 1.90 bits per heavy atom. The maximum absolute atomic E-state index is 12.0. The highest BCUT2D eigenvalue weighted by Crippen LogP contribution is 2.16. The quantitative estimate of drug-likeness (QED) is 0.771. The number of hydrogen-bond donors (Lipinski definition) is 0. The number of ether oxygens (including phenoxy) is 1. The number of ketones is 1. The minimum absolute atomic E-state index is 0.0550. The molecule has 106 valence electrons. The summed E-state index contributed by atoms with van der Waals surface area (Å²) in [6, 6.07) is 9.07. The smallest absolute Gasteiger partial charge is 0.338 e. The minimum Gasteiger partial charge on any atom is -0.459 e. The lowest BCUT2D eigenvalue weighted by atomic mass is 10.0. The molecule has 0 saturated heterocycles. The number of carbonyl (C=O) groups excluding carboxylic acids is 2. The predicted octanol–water partition coefficient (Wildman–Crippen LogP) is 3.69. The minimum atomic E-state index is -0.257. The predicted molar refractivity (Wildman–Crippen MR) is 77.5 cm³/mol. The average Bonchev–Trinajstić information content (AvgIpc) is 2.48. The van der Waals surface area contributed by atoms with Gasteiger partial charge in [-0.05, 0) is 50.3 Å². The highest BCUT2D eigenvalue weighted by molar-refractivity contribution is 5.90. The number of benzene rings is 1. The molecule has 0 N–H and O–H groups in total. The van der Waals surface area contributed by atoms with Gasteiger partial charge in [0.25, 0.3) is 0 Å². The standard InChI is InChI=1S/C17H20O3/c18-15-10-4-6-12-16(13-7-5-11-15)20-17(19)14-8-2-1-3-9-14/h1-4,8-10,16H,5-7,11-13H2/b10-4-. The summed E-state index contributed by atoms with van der Waals surface area (Å²) in [5.74, 6) is -0.0579. The molecule has 20 heavy (non-hydrogen) atoms. The molecule has 0 bridgehead atoms. The molecule has 1 aromatic rings. The van der Waals surface area contributed by atoms with Crippen LogP contribution in [-0.4, -0.2) is 17.9 Å². The van der Waals surface area contributed by atoms with Crippen molar-refractivity contribution in [3.63, 3.8) is 0 Å². The Bertz CT molecular complexity index is 476. The van der Waals surface area contributed by atoms with Gasteiger partial charge in [-0.25, -0.2) is 4.79 Å². The van der Waals surface area contributed by atoms with Crippen LogP contribution in [0.25, 0.3) is 0 Å². The topological polar surface area (TPSA) is 43.4 Å². The summed E-state index contributed by atoms with van der Waals surface area (Å²) in [5, 5.41) is 0. The first kappa shape index (κ1) is 14.5. The van der Waals surface area contributed by atoms with Crippen LogP contribution in [0.3, 0.4) is 0 Å². The molecule has 1 aliphatic rings. The Morgan fingerprint density at radius 1 is 1.10 bits per heavy atom. The molecule has 0 amide bonds. The van der Waals surface area contributed by atoms with Crippen molar-refractivity contribution in [2.24, 2.45) is 0 Å². The molecule has 1 unspecified atom stereocenters. The summed E-state index contributed by atoms with van der Waals surface area (Å²) in [7, 11) is 0. The first-order chi connectivity index (χ1) is 9.75. The largest absolute Gasteiger partial charge is 0.459 e. The molecule has 0 heterocycles. The molecular formula is C17H20O3. The molecule has 0 aliphatic heterocycles. The molecule has 3 heteroatoms. The summed E-state index contributed by atoms with van der Waals surface area (Å²) in [4.78, 5) is 23.4. The number of rotatable bonds is 2. The summed E-state index contributed by atoms with van der Waals surface area (Å²) in [6.07, 6.45) is 8.25. The van der Waals surface area contributed by atoms with Gasteiger partial charge in [-0.2, -0.15) is 0 Å². The van der Waals surface area contributed by atoms with Crippen LogP contribution in [0, 0.1) is 0 Å². The van der Waals surface area contributed by atoms with E-state index in [0.717, 1.165) is 32.1 Å². The van der Waals surface area contributed by atoms with Crippen LogP contribution in [0.1, 0.15) is 48.9 Å². The molecule has 3 nitrogen and oxygen atoms in total. The monoisotopic (exact) mass is 272 g/mol. The van der Waals surface area contributed by atoms with Crippen molar-refractivity contribution in [3.8, 4) is 0 Å². The Balaban J connectivity index is 1.92. The zero-order chi connectivity index (χ0) is 14.2. The first-order valence-corrected chi connectivity index (χ1v) is 7.21. The number of allylic oxidation sites excluding steroid dienone is 2. The van der Waals surface area contributed by atoms with Crippen molar-refractivity contribution >= 4 is 11.8 Å². The SMILES string of the molecule is O=C1/C=C\CCC(OC(=O)c2ccccc2)CCCC1. The molecule has 1 atom stereocenters. The second-order valence-corrected chi connectivity index (χ2v) is 5.09. The Morgan fingerprint density at radius 3 is 2.70 bits per heavy atom. The van der Waals surface area contributed by atoms with Gasteiger partial charge >= 0.3 is 5.97 Å². The molecular weight excluding hydrogens is 252 g/mol. The van der Waals surface area contributed by atoms with E-state index in [0.29, 0.717) is 12.0 Å². The van der Waals surface area contributed by atoms with Crippen LogP contribution in [-0.2, 0) is 9.53 Å². The summed E-state index contributed by atoms with van der Waals surface area (Å²) in [6.45, 7) is 0. The van der Waals surface area contributed by atoms with Crippen LogP contribution in [0.2, 0.25) is 0 Å². The lowest BCUT2D eigenvalue weighted by molar-refractivity contribution is -0.114. The normalized spacial score (nSPS) is 22.0. The number of carbonyl (C=O) groups is 2. The van der Waals surface area contributed by atoms with Crippen LogP contribution in [0.5, 0.6) is 0 Å². The second kappa shape index (κ2) is 7.63. The molecule has 0 spiro atoms.